The Kier molecular flexibility index (Phi) is 5.76. The zero-order valence-electron chi connectivity index (χ0n) is 12.8. The Morgan fingerprint density at radius 1 is 1.19 bits per heavy atom. The van der Waals surface area contributed by atoms with Gasteiger partial charge in [0.25, 0.3) is 0 Å². The second-order valence-electron chi connectivity index (χ2n) is 5.49. The number of hydrogen-bond acceptors (Lipinski definition) is 3. The van der Waals surface area contributed by atoms with Crippen molar-refractivity contribution in [3.63, 3.8) is 0 Å². The number of anilines is 1. The number of benzene rings is 1. The summed E-state index contributed by atoms with van der Waals surface area (Å²) < 4.78 is 1.15. The number of aromatic nitrogens is 1. The van der Waals surface area contributed by atoms with Crippen LogP contribution in [0.3, 0.4) is 0 Å². The Morgan fingerprint density at radius 3 is 2.67 bits per heavy atom. The van der Waals surface area contributed by atoms with Crippen molar-refractivity contribution in [1.82, 2.24) is 10.3 Å². The van der Waals surface area contributed by atoms with Crippen LogP contribution in [-0.2, 0) is 13.1 Å². The summed E-state index contributed by atoms with van der Waals surface area (Å²) in [5.41, 5.74) is 3.72. The summed E-state index contributed by atoms with van der Waals surface area (Å²) in [5, 5.41) is 3.46. The molecule has 2 rings (SSSR count). The number of nitrogens with zero attached hydrogens (tertiary/aromatic N) is 2. The van der Waals surface area contributed by atoms with E-state index in [9.17, 15) is 0 Å². The predicted molar refractivity (Wildman–Crippen MR) is 92.5 cm³/mol. The molecule has 0 fully saturated rings. The van der Waals surface area contributed by atoms with Crippen molar-refractivity contribution in [1.29, 1.82) is 0 Å². The van der Waals surface area contributed by atoms with Gasteiger partial charge in [0.1, 0.15) is 0 Å². The number of nitrogens with one attached hydrogen (secondary N) is 1. The van der Waals surface area contributed by atoms with Gasteiger partial charge in [-0.25, -0.2) is 0 Å². The van der Waals surface area contributed by atoms with Crippen LogP contribution < -0.4 is 10.2 Å². The molecule has 0 amide bonds. The molecule has 0 spiro atoms. The van der Waals surface area contributed by atoms with Crippen molar-refractivity contribution in [3.05, 3.63) is 58.3 Å². The van der Waals surface area contributed by atoms with E-state index in [4.69, 9.17) is 0 Å². The third-order valence-corrected chi connectivity index (χ3v) is 4.13. The van der Waals surface area contributed by atoms with Crippen LogP contribution in [0.4, 0.5) is 5.69 Å². The fraction of sp³-hybridized carbons (Fsp3) is 0.353. The Morgan fingerprint density at radius 2 is 1.95 bits per heavy atom. The van der Waals surface area contributed by atoms with Gasteiger partial charge >= 0.3 is 0 Å². The number of pyridine rings is 1. The van der Waals surface area contributed by atoms with Crippen LogP contribution in [0, 0.1) is 0 Å². The minimum absolute atomic E-state index is 0.464. The van der Waals surface area contributed by atoms with Crippen molar-refractivity contribution in [2.45, 2.75) is 33.0 Å². The highest BCUT2D eigenvalue weighted by Crippen LogP contribution is 2.23. The molecule has 0 atom stereocenters. The number of halogens is 1. The van der Waals surface area contributed by atoms with E-state index in [0.29, 0.717) is 6.04 Å². The minimum atomic E-state index is 0.464. The minimum Gasteiger partial charge on any atom is -0.370 e. The lowest BCUT2D eigenvalue weighted by atomic mass is 10.1. The van der Waals surface area contributed by atoms with E-state index in [1.54, 1.807) is 0 Å². The molecule has 0 aliphatic carbocycles. The van der Waals surface area contributed by atoms with Gasteiger partial charge in [-0.1, -0.05) is 48.0 Å². The fourth-order valence-electron chi connectivity index (χ4n) is 2.21. The second-order valence-corrected chi connectivity index (χ2v) is 6.34. The highest BCUT2D eigenvalue weighted by Gasteiger charge is 2.09. The van der Waals surface area contributed by atoms with Crippen LogP contribution in [0.1, 0.15) is 25.0 Å². The summed E-state index contributed by atoms with van der Waals surface area (Å²) in [4.78, 5) is 6.52. The molecule has 0 radical (unpaired) electrons. The summed E-state index contributed by atoms with van der Waals surface area (Å²) in [6, 6.07) is 10.9. The fourth-order valence-corrected chi connectivity index (χ4v) is 2.62. The molecule has 0 saturated carbocycles. The van der Waals surface area contributed by atoms with Gasteiger partial charge in [0.2, 0.25) is 0 Å². The van der Waals surface area contributed by atoms with E-state index in [-0.39, 0.29) is 0 Å². The smallest absolute Gasteiger partial charge is 0.0443 e. The van der Waals surface area contributed by atoms with Gasteiger partial charge in [0.05, 0.1) is 0 Å². The lowest BCUT2D eigenvalue weighted by molar-refractivity contribution is 0.587. The third-order valence-electron chi connectivity index (χ3n) is 3.36. The Balaban J connectivity index is 2.15. The molecule has 112 valence electrons. The quantitative estimate of drug-likeness (QED) is 0.856. The zero-order valence-corrected chi connectivity index (χ0v) is 14.4. The molecular formula is C17H22BrN3. The Bertz CT molecular complexity index is 584. The van der Waals surface area contributed by atoms with E-state index < -0.39 is 0 Å². The van der Waals surface area contributed by atoms with Gasteiger partial charge in [-0.15, -0.1) is 0 Å². The monoisotopic (exact) mass is 347 g/mol. The van der Waals surface area contributed by atoms with E-state index >= 15 is 0 Å². The van der Waals surface area contributed by atoms with Gasteiger partial charge in [-0.05, 0) is 17.7 Å². The molecule has 0 unspecified atom stereocenters. The number of hydrogen-bond donors (Lipinski definition) is 1. The first-order valence-corrected chi connectivity index (χ1v) is 7.98. The maximum atomic E-state index is 4.25. The SMILES string of the molecule is CC(C)NCc1cnccc1N(C)Cc1ccccc1Br. The highest BCUT2D eigenvalue weighted by molar-refractivity contribution is 9.10. The molecule has 3 nitrogen and oxygen atoms in total. The van der Waals surface area contributed by atoms with Crippen LogP contribution in [0.2, 0.25) is 0 Å². The summed E-state index contributed by atoms with van der Waals surface area (Å²) in [6.07, 6.45) is 3.80. The van der Waals surface area contributed by atoms with Crippen LogP contribution >= 0.6 is 15.9 Å². The number of rotatable bonds is 6. The maximum absolute atomic E-state index is 4.25. The van der Waals surface area contributed by atoms with Gasteiger partial charge in [-0.2, -0.15) is 0 Å². The highest BCUT2D eigenvalue weighted by atomic mass is 79.9. The topological polar surface area (TPSA) is 28.2 Å². The van der Waals surface area contributed by atoms with E-state index in [2.05, 4.69) is 76.3 Å². The summed E-state index contributed by atoms with van der Waals surface area (Å²) in [5.74, 6) is 0. The van der Waals surface area contributed by atoms with E-state index in [1.807, 2.05) is 18.5 Å². The van der Waals surface area contributed by atoms with Crippen molar-refractivity contribution < 1.29 is 0 Å². The predicted octanol–water partition coefficient (Wildman–Crippen LogP) is 3.98. The molecule has 0 aliphatic rings. The maximum Gasteiger partial charge on any atom is 0.0443 e. The lowest BCUT2D eigenvalue weighted by Crippen LogP contribution is -2.24. The summed E-state index contributed by atoms with van der Waals surface area (Å²) in [7, 11) is 2.12. The lowest BCUT2D eigenvalue weighted by Gasteiger charge is -2.23. The normalized spacial score (nSPS) is 10.9. The third kappa shape index (κ3) is 4.55. The average molecular weight is 348 g/mol. The molecule has 0 aliphatic heterocycles. The molecule has 0 bridgehead atoms. The molecule has 2 aromatic rings. The average Bonchev–Trinajstić information content (AvgIpc) is 2.47. The van der Waals surface area contributed by atoms with Crippen molar-refractivity contribution in [2.24, 2.45) is 0 Å². The molecule has 0 saturated heterocycles. The van der Waals surface area contributed by atoms with Gasteiger partial charge in [0.15, 0.2) is 0 Å². The van der Waals surface area contributed by atoms with Crippen LogP contribution in [-0.4, -0.2) is 18.1 Å². The molecule has 21 heavy (non-hydrogen) atoms. The first kappa shape index (κ1) is 16.0. The van der Waals surface area contributed by atoms with Gasteiger partial charge in [-0.3, -0.25) is 4.98 Å². The van der Waals surface area contributed by atoms with Crippen LogP contribution in [0.15, 0.2) is 47.2 Å². The zero-order chi connectivity index (χ0) is 15.2. The first-order valence-electron chi connectivity index (χ1n) is 7.18. The van der Waals surface area contributed by atoms with Gasteiger partial charge < -0.3 is 10.2 Å². The molecule has 1 aromatic heterocycles. The summed E-state index contributed by atoms with van der Waals surface area (Å²) in [6.45, 7) is 6.00. The second kappa shape index (κ2) is 7.57. The van der Waals surface area contributed by atoms with E-state index in [0.717, 1.165) is 17.6 Å². The molecule has 1 N–H and O–H groups in total. The van der Waals surface area contributed by atoms with Gasteiger partial charge in [0, 0.05) is 54.3 Å². The van der Waals surface area contributed by atoms with E-state index in [1.165, 1.54) is 16.8 Å². The Labute approximate surface area is 135 Å². The standard InChI is InChI=1S/C17H22BrN3/c1-13(2)20-11-15-10-19-9-8-17(15)21(3)12-14-6-4-5-7-16(14)18/h4-10,13,20H,11-12H2,1-3H3. The molecule has 4 heteroatoms. The summed E-state index contributed by atoms with van der Waals surface area (Å²) >= 11 is 3.61. The van der Waals surface area contributed by atoms with Crippen LogP contribution in [0.5, 0.6) is 0 Å². The largest absolute Gasteiger partial charge is 0.370 e. The Hall–Kier alpha value is -1.39. The molecular weight excluding hydrogens is 326 g/mol. The van der Waals surface area contributed by atoms with Crippen LogP contribution in [0.25, 0.3) is 0 Å². The van der Waals surface area contributed by atoms with Crippen molar-refractivity contribution in [2.75, 3.05) is 11.9 Å². The molecule has 1 aromatic carbocycles. The first-order chi connectivity index (χ1) is 10.1. The molecule has 1 heterocycles. The van der Waals surface area contributed by atoms with Crippen molar-refractivity contribution >= 4 is 21.6 Å². The van der Waals surface area contributed by atoms with Crippen molar-refractivity contribution in [3.8, 4) is 0 Å².